The molecule has 2 heteroatoms. The molecule has 1 aromatic carbocycles. The number of hydrogen-bond donors (Lipinski definition) is 0. The average molecular weight is 246 g/mol. The minimum atomic E-state index is 0.225. The predicted octanol–water partition coefficient (Wildman–Crippen LogP) is 4.20. The largest absolute Gasteiger partial charge is 0.496 e. The third-order valence-corrected chi connectivity index (χ3v) is 2.88. The van der Waals surface area contributed by atoms with Gasteiger partial charge in [0.05, 0.1) is 7.11 Å². The lowest BCUT2D eigenvalue weighted by atomic mass is 10.00. The molecular formula is C16H22O2. The van der Waals surface area contributed by atoms with Crippen molar-refractivity contribution in [3.05, 3.63) is 35.4 Å². The second-order valence-electron chi connectivity index (χ2n) is 4.80. The van der Waals surface area contributed by atoms with Gasteiger partial charge in [-0.15, -0.1) is 0 Å². The van der Waals surface area contributed by atoms with E-state index in [1.165, 1.54) is 5.56 Å². The van der Waals surface area contributed by atoms with Crippen LogP contribution in [-0.4, -0.2) is 12.9 Å². The second-order valence-corrected chi connectivity index (χ2v) is 4.80. The summed E-state index contributed by atoms with van der Waals surface area (Å²) < 4.78 is 5.34. The molecule has 1 rings (SSSR count). The summed E-state index contributed by atoms with van der Waals surface area (Å²) in [5.74, 6) is 1.60. The first kappa shape index (κ1) is 14.5. The van der Waals surface area contributed by atoms with Gasteiger partial charge < -0.3 is 9.53 Å². The molecule has 0 aliphatic heterocycles. The maximum atomic E-state index is 10.9. The van der Waals surface area contributed by atoms with Gasteiger partial charge in [-0.3, -0.25) is 0 Å². The molecule has 0 saturated carbocycles. The van der Waals surface area contributed by atoms with Gasteiger partial charge in [0, 0.05) is 12.0 Å². The average Bonchev–Trinajstić information content (AvgIpc) is 2.34. The number of methoxy groups -OCH3 is 1. The third-order valence-electron chi connectivity index (χ3n) is 2.88. The summed E-state index contributed by atoms with van der Waals surface area (Å²) in [6.45, 7) is 5.96. The Morgan fingerprint density at radius 3 is 2.67 bits per heavy atom. The fourth-order valence-electron chi connectivity index (χ4n) is 1.74. The smallest absolute Gasteiger partial charge is 0.130 e. The minimum absolute atomic E-state index is 0.225. The van der Waals surface area contributed by atoms with Gasteiger partial charge in [-0.05, 0) is 37.0 Å². The minimum Gasteiger partial charge on any atom is -0.496 e. The SMILES string of the molecule is COc1ccc(C(C)C)cc1/C=C/CCC(C)=O. The number of allylic oxidation sites excluding steroid dienone is 1. The normalized spacial score (nSPS) is 11.2. The maximum Gasteiger partial charge on any atom is 0.130 e. The molecule has 1 aromatic rings. The standard InChI is InChI=1S/C16H22O2/c1-12(2)14-9-10-16(18-4)15(11-14)8-6-5-7-13(3)17/h6,8-12H,5,7H2,1-4H3/b8-6+. The topological polar surface area (TPSA) is 26.3 Å². The molecule has 18 heavy (non-hydrogen) atoms. The summed E-state index contributed by atoms with van der Waals surface area (Å²) >= 11 is 0. The van der Waals surface area contributed by atoms with E-state index >= 15 is 0 Å². The Morgan fingerprint density at radius 2 is 2.11 bits per heavy atom. The molecule has 0 radical (unpaired) electrons. The number of ketones is 1. The van der Waals surface area contributed by atoms with E-state index in [1.807, 2.05) is 18.2 Å². The lowest BCUT2D eigenvalue weighted by Crippen LogP contribution is -1.92. The van der Waals surface area contributed by atoms with Crippen molar-refractivity contribution in [2.75, 3.05) is 7.11 Å². The molecule has 0 spiro atoms. The van der Waals surface area contributed by atoms with E-state index < -0.39 is 0 Å². The van der Waals surface area contributed by atoms with E-state index in [0.29, 0.717) is 12.3 Å². The summed E-state index contributed by atoms with van der Waals surface area (Å²) in [6.07, 6.45) is 5.45. The highest BCUT2D eigenvalue weighted by Gasteiger charge is 2.04. The lowest BCUT2D eigenvalue weighted by Gasteiger charge is -2.10. The molecule has 98 valence electrons. The van der Waals surface area contributed by atoms with Crippen LogP contribution >= 0.6 is 0 Å². The van der Waals surface area contributed by atoms with Gasteiger partial charge in [-0.25, -0.2) is 0 Å². The van der Waals surface area contributed by atoms with Crippen molar-refractivity contribution in [2.24, 2.45) is 0 Å². The molecule has 0 amide bonds. The van der Waals surface area contributed by atoms with Crippen molar-refractivity contribution in [1.29, 1.82) is 0 Å². The van der Waals surface area contributed by atoms with Gasteiger partial charge in [0.25, 0.3) is 0 Å². The first-order valence-corrected chi connectivity index (χ1v) is 6.38. The molecule has 0 fully saturated rings. The van der Waals surface area contributed by atoms with E-state index in [-0.39, 0.29) is 5.78 Å². The van der Waals surface area contributed by atoms with Crippen LogP contribution in [0.1, 0.15) is 50.7 Å². The Balaban J connectivity index is 2.84. The maximum absolute atomic E-state index is 10.9. The van der Waals surface area contributed by atoms with Crippen LogP contribution in [0.2, 0.25) is 0 Å². The van der Waals surface area contributed by atoms with Crippen LogP contribution in [0, 0.1) is 0 Å². The summed E-state index contributed by atoms with van der Waals surface area (Å²) in [5, 5.41) is 0. The fourth-order valence-corrected chi connectivity index (χ4v) is 1.74. The molecule has 0 saturated heterocycles. The number of ether oxygens (including phenoxy) is 1. The highest BCUT2D eigenvalue weighted by molar-refractivity contribution is 5.75. The molecule has 0 aliphatic rings. The molecule has 0 heterocycles. The number of hydrogen-bond acceptors (Lipinski definition) is 2. The van der Waals surface area contributed by atoms with Crippen molar-refractivity contribution < 1.29 is 9.53 Å². The van der Waals surface area contributed by atoms with Gasteiger partial charge in [0.15, 0.2) is 0 Å². The zero-order chi connectivity index (χ0) is 13.5. The van der Waals surface area contributed by atoms with Gasteiger partial charge in [-0.2, -0.15) is 0 Å². The van der Waals surface area contributed by atoms with Crippen molar-refractivity contribution in [3.63, 3.8) is 0 Å². The van der Waals surface area contributed by atoms with Crippen molar-refractivity contribution in [1.82, 2.24) is 0 Å². The van der Waals surface area contributed by atoms with Gasteiger partial charge in [0.2, 0.25) is 0 Å². The predicted molar refractivity (Wildman–Crippen MR) is 76.0 cm³/mol. The number of benzene rings is 1. The van der Waals surface area contributed by atoms with E-state index in [4.69, 9.17) is 4.74 Å². The van der Waals surface area contributed by atoms with Crippen LogP contribution in [0.4, 0.5) is 0 Å². The highest BCUT2D eigenvalue weighted by atomic mass is 16.5. The quantitative estimate of drug-likeness (QED) is 0.752. The Hall–Kier alpha value is -1.57. The summed E-state index contributed by atoms with van der Waals surface area (Å²) in [6, 6.07) is 6.24. The molecule has 0 atom stereocenters. The molecule has 2 nitrogen and oxygen atoms in total. The fraction of sp³-hybridized carbons (Fsp3) is 0.438. The van der Waals surface area contributed by atoms with Crippen LogP contribution in [0.3, 0.4) is 0 Å². The number of carbonyl (C=O) groups is 1. The number of carbonyl (C=O) groups excluding carboxylic acids is 1. The van der Waals surface area contributed by atoms with Gasteiger partial charge in [0.1, 0.15) is 11.5 Å². The Labute approximate surface area is 110 Å². The second kappa shape index (κ2) is 7.00. The van der Waals surface area contributed by atoms with Crippen molar-refractivity contribution in [3.8, 4) is 5.75 Å². The lowest BCUT2D eigenvalue weighted by molar-refractivity contribution is -0.116. The number of rotatable bonds is 6. The Bertz CT molecular complexity index is 431. The molecule has 0 unspecified atom stereocenters. The van der Waals surface area contributed by atoms with Crippen LogP contribution in [-0.2, 0) is 4.79 Å². The third kappa shape index (κ3) is 4.36. The van der Waals surface area contributed by atoms with Crippen LogP contribution < -0.4 is 4.74 Å². The van der Waals surface area contributed by atoms with Crippen molar-refractivity contribution in [2.45, 2.75) is 39.5 Å². The van der Waals surface area contributed by atoms with Crippen LogP contribution in [0.15, 0.2) is 24.3 Å². The summed E-state index contributed by atoms with van der Waals surface area (Å²) in [4.78, 5) is 10.9. The first-order chi connectivity index (χ1) is 8.54. The zero-order valence-electron chi connectivity index (χ0n) is 11.7. The first-order valence-electron chi connectivity index (χ1n) is 6.38. The molecular weight excluding hydrogens is 224 g/mol. The Kier molecular flexibility index (Phi) is 5.63. The summed E-state index contributed by atoms with van der Waals surface area (Å²) in [7, 11) is 1.68. The number of Topliss-reactive ketones (excluding diaryl/α,β-unsaturated/α-hetero) is 1. The van der Waals surface area contributed by atoms with Gasteiger partial charge in [-0.1, -0.05) is 32.1 Å². The van der Waals surface area contributed by atoms with Crippen LogP contribution in [0.25, 0.3) is 6.08 Å². The molecule has 0 N–H and O–H groups in total. The van der Waals surface area contributed by atoms with Crippen LogP contribution in [0.5, 0.6) is 5.75 Å². The Morgan fingerprint density at radius 1 is 1.39 bits per heavy atom. The van der Waals surface area contributed by atoms with E-state index in [1.54, 1.807) is 14.0 Å². The zero-order valence-corrected chi connectivity index (χ0v) is 11.7. The molecule has 0 aliphatic carbocycles. The van der Waals surface area contributed by atoms with E-state index in [0.717, 1.165) is 17.7 Å². The van der Waals surface area contributed by atoms with Crippen molar-refractivity contribution >= 4 is 11.9 Å². The van der Waals surface area contributed by atoms with E-state index in [2.05, 4.69) is 26.0 Å². The molecule has 0 aromatic heterocycles. The van der Waals surface area contributed by atoms with Gasteiger partial charge >= 0.3 is 0 Å². The monoisotopic (exact) mass is 246 g/mol. The highest BCUT2D eigenvalue weighted by Crippen LogP contribution is 2.25. The molecule has 0 bridgehead atoms. The van der Waals surface area contributed by atoms with E-state index in [9.17, 15) is 4.79 Å². The summed E-state index contributed by atoms with van der Waals surface area (Å²) in [5.41, 5.74) is 2.37.